The number of piperazine rings is 1. The number of rotatable bonds is 5. The highest BCUT2D eigenvalue weighted by Gasteiger charge is 2.38. The summed E-state index contributed by atoms with van der Waals surface area (Å²) in [6.45, 7) is 4.53. The van der Waals surface area contributed by atoms with Crippen LogP contribution in [0.25, 0.3) is 0 Å². The summed E-state index contributed by atoms with van der Waals surface area (Å²) in [6.07, 6.45) is -4.20. The molecular weight excluding hydrogens is 453 g/mol. The quantitative estimate of drug-likeness (QED) is 0.446. The van der Waals surface area contributed by atoms with E-state index in [0.29, 0.717) is 6.54 Å². The first-order valence-corrected chi connectivity index (χ1v) is 10.5. The van der Waals surface area contributed by atoms with Gasteiger partial charge >= 0.3 is 18.1 Å². The monoisotopic (exact) mass is 480 g/mol. The molecule has 0 aliphatic carbocycles. The number of hydrogen-bond donors (Lipinski definition) is 3. The summed E-state index contributed by atoms with van der Waals surface area (Å²) in [4.78, 5) is 29.3. The molecular formula is C23H27F3N4O4. The molecule has 3 N–H and O–H groups in total. The second kappa shape index (κ2) is 12.6. The van der Waals surface area contributed by atoms with Crippen LogP contribution in [0.3, 0.4) is 0 Å². The molecule has 1 heterocycles. The number of nitrogens with one attached hydrogen (secondary N) is 1. The van der Waals surface area contributed by atoms with Crippen LogP contribution in [0.1, 0.15) is 15.9 Å². The van der Waals surface area contributed by atoms with Crippen LogP contribution in [0.5, 0.6) is 0 Å². The van der Waals surface area contributed by atoms with Crippen LogP contribution in [0.15, 0.2) is 59.6 Å². The van der Waals surface area contributed by atoms with Crippen molar-refractivity contribution < 1.29 is 33.0 Å². The molecule has 2 aromatic rings. The molecule has 11 heteroatoms. The Kier molecular flexibility index (Phi) is 9.87. The Balaban J connectivity index is 0.000000509. The number of carbonyl (C=O) groups is 2. The minimum atomic E-state index is -5.08. The van der Waals surface area contributed by atoms with Gasteiger partial charge in [0, 0.05) is 38.4 Å². The first-order chi connectivity index (χ1) is 16.1. The molecule has 0 atom stereocenters. The van der Waals surface area contributed by atoms with E-state index in [-0.39, 0.29) is 5.56 Å². The van der Waals surface area contributed by atoms with Crippen LogP contribution in [-0.2, 0) is 11.2 Å². The minimum Gasteiger partial charge on any atom is -0.478 e. The van der Waals surface area contributed by atoms with E-state index in [2.05, 4.69) is 34.3 Å². The second-order valence-electron chi connectivity index (χ2n) is 7.54. The number of nitrogens with zero attached hydrogens (tertiary/aromatic N) is 3. The number of benzene rings is 2. The highest BCUT2D eigenvalue weighted by Crippen LogP contribution is 2.13. The van der Waals surface area contributed by atoms with Crippen LogP contribution in [-0.4, -0.2) is 83.9 Å². The fourth-order valence-corrected chi connectivity index (χ4v) is 3.00. The van der Waals surface area contributed by atoms with E-state index in [1.54, 1.807) is 24.3 Å². The normalized spacial score (nSPS) is 14.7. The zero-order valence-electron chi connectivity index (χ0n) is 18.6. The molecule has 184 valence electrons. The number of carboxylic acid groups (broad SMARTS) is 2. The third kappa shape index (κ3) is 9.10. The fraction of sp³-hybridized carbons (Fsp3) is 0.348. The van der Waals surface area contributed by atoms with E-state index in [1.807, 2.05) is 18.2 Å². The number of guanidine groups is 1. The Morgan fingerprint density at radius 3 is 2.03 bits per heavy atom. The number of aromatic carboxylic acids is 1. The van der Waals surface area contributed by atoms with Gasteiger partial charge in [0.05, 0.1) is 5.56 Å². The number of hydrogen-bond acceptors (Lipinski definition) is 4. The third-order valence-corrected chi connectivity index (χ3v) is 4.94. The standard InChI is InChI=1S/C21H26N4O2.C2HF3O2/c1-24-13-15-25(16-14-24)21(22-12-11-17-5-3-2-4-6-17)23-19-9-7-18(8-10-19)20(26)27;3-2(4,5)1(6)7/h2-10H,11-16H2,1H3,(H,22,23)(H,26,27);(H,6,7). The SMILES string of the molecule is CN1CCN(C(=NCCc2ccccc2)Nc2ccc(C(=O)O)cc2)CC1.O=C(O)C(F)(F)F. The summed E-state index contributed by atoms with van der Waals surface area (Å²) >= 11 is 0. The Morgan fingerprint density at radius 1 is 0.971 bits per heavy atom. The molecule has 8 nitrogen and oxygen atoms in total. The molecule has 34 heavy (non-hydrogen) atoms. The molecule has 1 aliphatic heterocycles. The van der Waals surface area contributed by atoms with Crippen molar-refractivity contribution in [2.75, 3.05) is 45.1 Å². The smallest absolute Gasteiger partial charge is 0.478 e. The van der Waals surface area contributed by atoms with Gasteiger partial charge in [-0.05, 0) is 43.3 Å². The topological polar surface area (TPSA) is 105 Å². The lowest BCUT2D eigenvalue weighted by molar-refractivity contribution is -0.192. The molecule has 0 amide bonds. The molecule has 1 saturated heterocycles. The van der Waals surface area contributed by atoms with E-state index >= 15 is 0 Å². The van der Waals surface area contributed by atoms with Crippen LogP contribution in [0, 0.1) is 0 Å². The van der Waals surface area contributed by atoms with Crippen LogP contribution < -0.4 is 5.32 Å². The van der Waals surface area contributed by atoms with Crippen molar-refractivity contribution >= 4 is 23.6 Å². The van der Waals surface area contributed by atoms with Gasteiger partial charge in [-0.1, -0.05) is 30.3 Å². The zero-order chi connectivity index (χ0) is 25.1. The predicted octanol–water partition coefficient (Wildman–Crippen LogP) is 3.28. The highest BCUT2D eigenvalue weighted by atomic mass is 19.4. The van der Waals surface area contributed by atoms with Gasteiger partial charge in [0.1, 0.15) is 0 Å². The summed E-state index contributed by atoms with van der Waals surface area (Å²) in [5, 5.41) is 19.6. The molecule has 0 saturated carbocycles. The Bertz CT molecular complexity index is 958. The van der Waals surface area contributed by atoms with Gasteiger partial charge in [-0.2, -0.15) is 13.2 Å². The molecule has 0 bridgehead atoms. The molecule has 3 rings (SSSR count). The van der Waals surface area contributed by atoms with Gasteiger partial charge in [0.2, 0.25) is 0 Å². The Hall–Kier alpha value is -3.60. The van der Waals surface area contributed by atoms with Crippen LogP contribution in [0.4, 0.5) is 18.9 Å². The van der Waals surface area contributed by atoms with Gasteiger partial charge in [-0.15, -0.1) is 0 Å². The average molecular weight is 480 g/mol. The maximum atomic E-state index is 11.0. The van der Waals surface area contributed by atoms with Crippen molar-refractivity contribution in [3.8, 4) is 0 Å². The van der Waals surface area contributed by atoms with Crippen LogP contribution >= 0.6 is 0 Å². The van der Waals surface area contributed by atoms with Gasteiger partial charge in [-0.25, -0.2) is 9.59 Å². The van der Waals surface area contributed by atoms with Crippen molar-refractivity contribution in [3.63, 3.8) is 0 Å². The number of alkyl halides is 3. The van der Waals surface area contributed by atoms with Crippen molar-refractivity contribution in [2.45, 2.75) is 12.6 Å². The van der Waals surface area contributed by atoms with Gasteiger partial charge in [-0.3, -0.25) is 4.99 Å². The van der Waals surface area contributed by atoms with Crippen molar-refractivity contribution in [1.82, 2.24) is 9.80 Å². The summed E-state index contributed by atoms with van der Waals surface area (Å²) in [6, 6.07) is 17.1. The average Bonchev–Trinajstić information content (AvgIpc) is 2.80. The molecule has 1 fully saturated rings. The Morgan fingerprint density at radius 2 is 1.53 bits per heavy atom. The van der Waals surface area contributed by atoms with Gasteiger partial charge < -0.3 is 25.3 Å². The first-order valence-electron chi connectivity index (χ1n) is 10.5. The molecule has 1 aliphatic rings. The predicted molar refractivity (Wildman–Crippen MR) is 122 cm³/mol. The molecule has 2 aromatic carbocycles. The minimum absolute atomic E-state index is 0.280. The van der Waals surface area contributed by atoms with Gasteiger partial charge in [0.25, 0.3) is 0 Å². The van der Waals surface area contributed by atoms with E-state index < -0.39 is 18.1 Å². The number of aliphatic imine (C=N–C) groups is 1. The maximum Gasteiger partial charge on any atom is 0.490 e. The van der Waals surface area contributed by atoms with Gasteiger partial charge in [0.15, 0.2) is 5.96 Å². The zero-order valence-corrected chi connectivity index (χ0v) is 18.6. The maximum absolute atomic E-state index is 11.0. The summed E-state index contributed by atoms with van der Waals surface area (Å²) in [7, 11) is 2.13. The van der Waals surface area contributed by atoms with Crippen molar-refractivity contribution in [2.24, 2.45) is 4.99 Å². The highest BCUT2D eigenvalue weighted by molar-refractivity contribution is 5.94. The van der Waals surface area contributed by atoms with E-state index in [0.717, 1.165) is 44.2 Å². The lowest BCUT2D eigenvalue weighted by atomic mass is 10.2. The van der Waals surface area contributed by atoms with E-state index in [9.17, 15) is 18.0 Å². The lowest BCUT2D eigenvalue weighted by Gasteiger charge is -2.34. The number of aliphatic carboxylic acids is 1. The van der Waals surface area contributed by atoms with E-state index in [1.165, 1.54) is 5.56 Å². The van der Waals surface area contributed by atoms with E-state index in [4.69, 9.17) is 20.0 Å². The summed E-state index contributed by atoms with van der Waals surface area (Å²) in [5.41, 5.74) is 2.39. The first kappa shape index (κ1) is 26.7. The summed E-state index contributed by atoms with van der Waals surface area (Å²) < 4.78 is 31.7. The molecule has 0 spiro atoms. The Labute approximate surface area is 195 Å². The number of likely N-dealkylation sites (N-methyl/N-ethyl adjacent to an activating group) is 1. The lowest BCUT2D eigenvalue weighted by Crippen LogP contribution is -2.49. The number of halogens is 3. The summed E-state index contributed by atoms with van der Waals surface area (Å²) in [5.74, 6) is -2.83. The number of anilines is 1. The van der Waals surface area contributed by atoms with Crippen molar-refractivity contribution in [1.29, 1.82) is 0 Å². The van der Waals surface area contributed by atoms with Crippen molar-refractivity contribution in [3.05, 3.63) is 65.7 Å². The largest absolute Gasteiger partial charge is 0.490 e. The van der Waals surface area contributed by atoms with Crippen LogP contribution in [0.2, 0.25) is 0 Å². The third-order valence-electron chi connectivity index (χ3n) is 4.94. The molecule has 0 unspecified atom stereocenters. The number of carboxylic acids is 2. The second-order valence-corrected chi connectivity index (χ2v) is 7.54. The molecule has 0 radical (unpaired) electrons. The fourth-order valence-electron chi connectivity index (χ4n) is 3.00. The molecule has 0 aromatic heterocycles.